The largest absolute Gasteiger partial charge is 0.356 e. The molecule has 1 heterocycles. The number of fused-ring (bicyclic) bond motifs is 1. The summed E-state index contributed by atoms with van der Waals surface area (Å²) in [4.78, 5) is 19.2. The number of hydrogen-bond acceptors (Lipinski definition) is 3. The number of H-pyrrole nitrogens is 1. The minimum absolute atomic E-state index is 0.0433. The highest BCUT2D eigenvalue weighted by Gasteiger charge is 2.15. The summed E-state index contributed by atoms with van der Waals surface area (Å²) in [7, 11) is 0. The number of aryl methyl sites for hydroxylation is 1. The van der Waals surface area contributed by atoms with Crippen molar-refractivity contribution < 1.29 is 0 Å². The lowest BCUT2D eigenvalue weighted by Crippen LogP contribution is -2.23. The van der Waals surface area contributed by atoms with Gasteiger partial charge in [0.05, 0.1) is 5.69 Å². The van der Waals surface area contributed by atoms with E-state index in [4.69, 9.17) is 0 Å². The minimum atomic E-state index is 0.0433. The number of nitrogens with one attached hydrogen (secondary N) is 2. The fourth-order valence-electron chi connectivity index (χ4n) is 2.17. The Morgan fingerprint density at radius 3 is 2.88 bits per heavy atom. The van der Waals surface area contributed by atoms with Crippen LogP contribution in [0.1, 0.15) is 44.4 Å². The first-order valence-corrected chi connectivity index (χ1v) is 6.52. The van der Waals surface area contributed by atoms with Gasteiger partial charge in [-0.05, 0) is 38.0 Å². The van der Waals surface area contributed by atoms with Gasteiger partial charge < -0.3 is 5.32 Å². The summed E-state index contributed by atoms with van der Waals surface area (Å²) in [5.41, 5.74) is 1.93. The summed E-state index contributed by atoms with van der Waals surface area (Å²) < 4.78 is 0. The SMILES string of the molecule is CC(C)CCNc1nc2c(c(=O)[nH]1)CCCC2. The standard InChI is InChI=1S/C13H21N3O/c1-9(2)7-8-14-13-15-11-6-4-3-5-10(11)12(17)16-13/h9H,3-8H2,1-2H3,(H2,14,15,16,17). The zero-order valence-electron chi connectivity index (χ0n) is 10.7. The molecule has 1 aliphatic rings. The van der Waals surface area contributed by atoms with Crippen molar-refractivity contribution in [2.45, 2.75) is 46.0 Å². The molecule has 0 bridgehead atoms. The van der Waals surface area contributed by atoms with Crippen LogP contribution in [0.4, 0.5) is 5.95 Å². The summed E-state index contributed by atoms with van der Waals surface area (Å²) >= 11 is 0. The van der Waals surface area contributed by atoms with Crippen molar-refractivity contribution in [3.8, 4) is 0 Å². The highest BCUT2D eigenvalue weighted by atomic mass is 16.1. The topological polar surface area (TPSA) is 57.8 Å². The van der Waals surface area contributed by atoms with Gasteiger partial charge in [-0.2, -0.15) is 0 Å². The molecule has 0 amide bonds. The Balaban J connectivity index is 2.09. The first-order valence-electron chi connectivity index (χ1n) is 6.52. The maximum absolute atomic E-state index is 11.8. The monoisotopic (exact) mass is 235 g/mol. The molecule has 1 aromatic rings. The smallest absolute Gasteiger partial charge is 0.255 e. The van der Waals surface area contributed by atoms with Gasteiger partial charge in [0.1, 0.15) is 0 Å². The molecule has 2 rings (SSSR count). The molecule has 0 saturated heterocycles. The van der Waals surface area contributed by atoms with Gasteiger partial charge in [0, 0.05) is 12.1 Å². The molecule has 0 aromatic carbocycles. The van der Waals surface area contributed by atoms with Crippen LogP contribution in [0.5, 0.6) is 0 Å². The molecule has 0 fully saturated rings. The van der Waals surface area contributed by atoms with Crippen LogP contribution in [0.25, 0.3) is 0 Å². The predicted octanol–water partition coefficient (Wildman–Crippen LogP) is 2.11. The van der Waals surface area contributed by atoms with Crippen LogP contribution in [0.15, 0.2) is 4.79 Å². The summed E-state index contributed by atoms with van der Waals surface area (Å²) in [6, 6.07) is 0. The van der Waals surface area contributed by atoms with Crippen LogP contribution >= 0.6 is 0 Å². The van der Waals surface area contributed by atoms with E-state index in [1.54, 1.807) is 0 Å². The molecule has 94 valence electrons. The molecule has 0 aliphatic heterocycles. The van der Waals surface area contributed by atoms with E-state index < -0.39 is 0 Å². The molecule has 0 saturated carbocycles. The normalized spacial score (nSPS) is 14.8. The van der Waals surface area contributed by atoms with Gasteiger partial charge in [-0.25, -0.2) is 4.98 Å². The Morgan fingerprint density at radius 1 is 1.35 bits per heavy atom. The lowest BCUT2D eigenvalue weighted by atomic mass is 9.97. The molecule has 2 N–H and O–H groups in total. The minimum Gasteiger partial charge on any atom is -0.356 e. The van der Waals surface area contributed by atoms with Gasteiger partial charge >= 0.3 is 0 Å². The second kappa shape index (κ2) is 5.34. The Morgan fingerprint density at radius 2 is 2.12 bits per heavy atom. The van der Waals surface area contributed by atoms with Crippen molar-refractivity contribution in [1.29, 1.82) is 0 Å². The van der Waals surface area contributed by atoms with Crippen molar-refractivity contribution in [3.63, 3.8) is 0 Å². The lowest BCUT2D eigenvalue weighted by Gasteiger charge is -2.15. The van der Waals surface area contributed by atoms with Gasteiger partial charge in [-0.15, -0.1) is 0 Å². The first kappa shape index (κ1) is 12.1. The number of anilines is 1. The van der Waals surface area contributed by atoms with Crippen LogP contribution in [0.3, 0.4) is 0 Å². The second-order valence-corrected chi connectivity index (χ2v) is 5.16. The van der Waals surface area contributed by atoms with Gasteiger partial charge in [-0.3, -0.25) is 9.78 Å². The fraction of sp³-hybridized carbons (Fsp3) is 0.692. The molecule has 0 unspecified atom stereocenters. The number of hydrogen-bond donors (Lipinski definition) is 2. The Labute approximate surface area is 102 Å². The van der Waals surface area contributed by atoms with E-state index in [9.17, 15) is 4.79 Å². The van der Waals surface area contributed by atoms with Gasteiger partial charge in [-0.1, -0.05) is 13.8 Å². The van der Waals surface area contributed by atoms with Crippen molar-refractivity contribution in [3.05, 3.63) is 21.6 Å². The van der Waals surface area contributed by atoms with E-state index in [0.717, 1.165) is 49.9 Å². The van der Waals surface area contributed by atoms with E-state index in [1.807, 2.05) is 0 Å². The van der Waals surface area contributed by atoms with Crippen LogP contribution < -0.4 is 10.9 Å². The quantitative estimate of drug-likeness (QED) is 0.840. The maximum Gasteiger partial charge on any atom is 0.255 e. The average molecular weight is 235 g/mol. The Kier molecular flexibility index (Phi) is 3.82. The van der Waals surface area contributed by atoms with Crippen LogP contribution in [-0.2, 0) is 12.8 Å². The number of rotatable bonds is 4. The molecule has 0 radical (unpaired) electrons. The van der Waals surface area contributed by atoms with Gasteiger partial charge in [0.2, 0.25) is 5.95 Å². The predicted molar refractivity (Wildman–Crippen MR) is 69.4 cm³/mol. The molecule has 4 heteroatoms. The zero-order valence-corrected chi connectivity index (χ0v) is 10.7. The third kappa shape index (κ3) is 3.08. The van der Waals surface area contributed by atoms with Crippen LogP contribution in [0.2, 0.25) is 0 Å². The number of aromatic amines is 1. The van der Waals surface area contributed by atoms with E-state index in [-0.39, 0.29) is 5.56 Å². The molecular weight excluding hydrogens is 214 g/mol. The highest BCUT2D eigenvalue weighted by Crippen LogP contribution is 2.16. The summed E-state index contributed by atoms with van der Waals surface area (Å²) in [5, 5.41) is 3.20. The Hall–Kier alpha value is -1.32. The summed E-state index contributed by atoms with van der Waals surface area (Å²) in [6.45, 7) is 5.23. The molecule has 17 heavy (non-hydrogen) atoms. The van der Waals surface area contributed by atoms with Crippen LogP contribution in [0, 0.1) is 5.92 Å². The molecule has 1 aliphatic carbocycles. The zero-order chi connectivity index (χ0) is 12.3. The number of aromatic nitrogens is 2. The average Bonchev–Trinajstić information content (AvgIpc) is 2.28. The third-order valence-corrected chi connectivity index (χ3v) is 3.21. The molecule has 4 nitrogen and oxygen atoms in total. The van der Waals surface area contributed by atoms with E-state index >= 15 is 0 Å². The van der Waals surface area contributed by atoms with E-state index in [1.165, 1.54) is 0 Å². The summed E-state index contributed by atoms with van der Waals surface area (Å²) in [6.07, 6.45) is 5.16. The second-order valence-electron chi connectivity index (χ2n) is 5.16. The lowest BCUT2D eigenvalue weighted by molar-refractivity contribution is 0.604. The third-order valence-electron chi connectivity index (χ3n) is 3.21. The number of nitrogens with zero attached hydrogens (tertiary/aromatic N) is 1. The van der Waals surface area contributed by atoms with E-state index in [0.29, 0.717) is 11.9 Å². The van der Waals surface area contributed by atoms with Crippen molar-refractivity contribution >= 4 is 5.95 Å². The van der Waals surface area contributed by atoms with Gasteiger partial charge in [0.25, 0.3) is 5.56 Å². The molecular formula is C13H21N3O. The van der Waals surface area contributed by atoms with Crippen molar-refractivity contribution in [2.75, 3.05) is 11.9 Å². The van der Waals surface area contributed by atoms with Crippen LogP contribution in [-0.4, -0.2) is 16.5 Å². The molecule has 0 spiro atoms. The Bertz CT molecular complexity index is 437. The highest BCUT2D eigenvalue weighted by molar-refractivity contribution is 5.30. The molecule has 1 aromatic heterocycles. The van der Waals surface area contributed by atoms with Gasteiger partial charge in [0.15, 0.2) is 0 Å². The first-order chi connectivity index (χ1) is 8.16. The van der Waals surface area contributed by atoms with Crippen molar-refractivity contribution in [1.82, 2.24) is 9.97 Å². The fourth-order valence-corrected chi connectivity index (χ4v) is 2.17. The van der Waals surface area contributed by atoms with Crippen molar-refractivity contribution in [2.24, 2.45) is 5.92 Å². The van der Waals surface area contributed by atoms with E-state index in [2.05, 4.69) is 29.1 Å². The molecule has 0 atom stereocenters. The maximum atomic E-state index is 11.8. The summed E-state index contributed by atoms with van der Waals surface area (Å²) in [5.74, 6) is 1.29.